The van der Waals surface area contributed by atoms with Crippen molar-refractivity contribution < 1.29 is 37.5 Å². The highest BCUT2D eigenvalue weighted by molar-refractivity contribution is 6.33. The lowest BCUT2D eigenvalue weighted by molar-refractivity contribution is -0.143. The van der Waals surface area contributed by atoms with E-state index in [1.54, 1.807) is 9.80 Å². The van der Waals surface area contributed by atoms with Crippen LogP contribution in [0.5, 0.6) is 0 Å². The Hall–Kier alpha value is -4.00. The second-order valence-corrected chi connectivity index (χ2v) is 13.1. The first-order valence-electron chi connectivity index (χ1n) is 15.9. The van der Waals surface area contributed by atoms with Crippen LogP contribution in [-0.4, -0.2) is 82.4 Å². The molecule has 3 aliphatic rings. The fraction of sp³-hybridized carbons (Fsp3) is 0.515. The van der Waals surface area contributed by atoms with Crippen molar-refractivity contribution in [1.82, 2.24) is 14.7 Å². The number of hydrogen-bond acceptors (Lipinski definition) is 5. The number of nitrogens with one attached hydrogen (secondary N) is 1. The zero-order valence-electron chi connectivity index (χ0n) is 25.9. The van der Waals surface area contributed by atoms with Crippen molar-refractivity contribution in [3.05, 3.63) is 58.1 Å². The fourth-order valence-corrected chi connectivity index (χ4v) is 7.17. The van der Waals surface area contributed by atoms with Crippen LogP contribution in [0.4, 0.5) is 29.3 Å². The van der Waals surface area contributed by atoms with Crippen LogP contribution in [0.15, 0.2) is 36.4 Å². The molecule has 1 atom stereocenters. The minimum atomic E-state index is -4.76. The van der Waals surface area contributed by atoms with Crippen molar-refractivity contribution in [1.29, 1.82) is 0 Å². The van der Waals surface area contributed by atoms with Gasteiger partial charge >= 0.3 is 18.2 Å². The normalized spacial score (nSPS) is 18.7. The molecule has 3 aliphatic heterocycles. The van der Waals surface area contributed by atoms with Crippen LogP contribution in [0.2, 0.25) is 5.02 Å². The number of anilines is 2. The van der Waals surface area contributed by atoms with E-state index in [9.17, 15) is 32.3 Å². The van der Waals surface area contributed by atoms with E-state index in [4.69, 9.17) is 22.4 Å². The molecule has 4 N–H and O–H groups in total. The van der Waals surface area contributed by atoms with E-state index < -0.39 is 29.3 Å². The number of carbonyl (C=O) groups excluding carboxylic acids is 3. The molecule has 254 valence electrons. The van der Waals surface area contributed by atoms with Crippen molar-refractivity contribution in [3.8, 4) is 0 Å². The van der Waals surface area contributed by atoms with Crippen molar-refractivity contribution in [2.45, 2.75) is 63.6 Å². The Bertz CT molecular complexity index is 1510. The number of carboxylic acid groups (broad SMARTS) is 1. The molecule has 3 heterocycles. The zero-order chi connectivity index (χ0) is 33.9. The molecule has 0 bridgehead atoms. The maximum absolute atomic E-state index is 13.8. The lowest BCUT2D eigenvalue weighted by Gasteiger charge is -2.38. The fourth-order valence-electron chi connectivity index (χ4n) is 6.93. The number of amides is 4. The number of nitrogens with two attached hydrogens (primary N) is 1. The summed E-state index contributed by atoms with van der Waals surface area (Å²) in [4.78, 5) is 56.6. The maximum atomic E-state index is 13.8. The number of fused-ring (bicyclic) bond motifs is 1. The summed E-state index contributed by atoms with van der Waals surface area (Å²) in [6, 6.07) is 9.58. The molecule has 2 aromatic rings. The standard InChI is InChI=1S/C33H39ClF3N5O5/c34-26-17-21(16-25(30(26)38)33(35,36)37)15-23(31(46)41-10-5-20(6-11-41)18-29(44)45)19-28(43)40-12-8-24(9-13-40)42-14-7-22-3-1-2-4-27(22)39-32(42)47/h1-4,16-17,20,23-24H,5-15,18-19,38H2,(H,39,47)(H,44,45). The molecule has 0 spiro atoms. The van der Waals surface area contributed by atoms with Gasteiger partial charge in [-0.25, -0.2) is 4.79 Å². The molecule has 0 aromatic heterocycles. The van der Waals surface area contributed by atoms with Crippen molar-refractivity contribution in [3.63, 3.8) is 0 Å². The molecule has 2 fully saturated rings. The average molecular weight is 678 g/mol. The molecule has 10 nitrogen and oxygen atoms in total. The molecular formula is C33H39ClF3N5O5. The number of nitrogen functional groups attached to an aromatic ring is 1. The molecule has 1 unspecified atom stereocenters. The van der Waals surface area contributed by atoms with Gasteiger partial charge in [0.2, 0.25) is 11.8 Å². The van der Waals surface area contributed by atoms with Crippen LogP contribution in [0, 0.1) is 11.8 Å². The molecule has 2 aromatic carbocycles. The number of rotatable bonds is 8. The first-order chi connectivity index (χ1) is 22.3. The largest absolute Gasteiger partial charge is 0.481 e. The highest BCUT2D eigenvalue weighted by Gasteiger charge is 2.37. The van der Waals surface area contributed by atoms with Crippen LogP contribution >= 0.6 is 11.6 Å². The monoisotopic (exact) mass is 677 g/mol. The van der Waals surface area contributed by atoms with Crippen LogP contribution in [0.25, 0.3) is 0 Å². The Morgan fingerprint density at radius 2 is 1.66 bits per heavy atom. The molecule has 5 rings (SSSR count). The van der Waals surface area contributed by atoms with E-state index >= 15 is 0 Å². The second-order valence-electron chi connectivity index (χ2n) is 12.7. The number of nitrogens with zero attached hydrogens (tertiary/aromatic N) is 3. The van der Waals surface area contributed by atoms with Gasteiger partial charge in [-0.3, -0.25) is 14.4 Å². The third-order valence-corrected chi connectivity index (χ3v) is 9.85. The van der Waals surface area contributed by atoms with Gasteiger partial charge < -0.3 is 30.9 Å². The van der Waals surface area contributed by atoms with E-state index in [0.717, 1.165) is 17.3 Å². The van der Waals surface area contributed by atoms with Gasteiger partial charge in [-0.2, -0.15) is 13.2 Å². The van der Waals surface area contributed by atoms with Gasteiger partial charge in [0.15, 0.2) is 0 Å². The molecule has 4 amide bonds. The summed E-state index contributed by atoms with van der Waals surface area (Å²) in [7, 11) is 0. The Labute approximate surface area is 276 Å². The highest BCUT2D eigenvalue weighted by atomic mass is 35.5. The number of para-hydroxylation sites is 1. The summed E-state index contributed by atoms with van der Waals surface area (Å²) < 4.78 is 41.1. The first-order valence-corrected chi connectivity index (χ1v) is 16.3. The number of aliphatic carboxylic acids is 1. The van der Waals surface area contributed by atoms with Gasteiger partial charge in [0.05, 0.1) is 22.2 Å². The van der Waals surface area contributed by atoms with E-state index in [1.165, 1.54) is 6.07 Å². The van der Waals surface area contributed by atoms with Crippen LogP contribution in [0.1, 0.15) is 55.2 Å². The number of halogens is 4. The Morgan fingerprint density at radius 3 is 2.32 bits per heavy atom. The number of benzene rings is 2. The zero-order valence-corrected chi connectivity index (χ0v) is 26.7. The quantitative estimate of drug-likeness (QED) is 0.325. The number of carbonyl (C=O) groups is 4. The summed E-state index contributed by atoms with van der Waals surface area (Å²) in [5.74, 6) is -2.63. The van der Waals surface area contributed by atoms with E-state index in [1.807, 2.05) is 29.2 Å². The summed E-state index contributed by atoms with van der Waals surface area (Å²) in [6.45, 7) is 1.88. The topological polar surface area (TPSA) is 136 Å². The summed E-state index contributed by atoms with van der Waals surface area (Å²) in [6.07, 6.45) is -2.38. The predicted octanol–water partition coefficient (Wildman–Crippen LogP) is 5.28. The van der Waals surface area contributed by atoms with Crippen LogP contribution in [0.3, 0.4) is 0 Å². The summed E-state index contributed by atoms with van der Waals surface area (Å²) in [5.41, 5.74) is 5.89. The van der Waals surface area contributed by atoms with Gasteiger partial charge in [-0.1, -0.05) is 29.8 Å². The number of hydrogen-bond donors (Lipinski definition) is 3. The summed E-state index contributed by atoms with van der Waals surface area (Å²) in [5, 5.41) is 11.8. The molecule has 0 aliphatic carbocycles. The lowest BCUT2D eigenvalue weighted by atomic mass is 9.89. The molecule has 14 heteroatoms. The van der Waals surface area contributed by atoms with Gasteiger partial charge in [0, 0.05) is 57.3 Å². The number of alkyl halides is 3. The van der Waals surface area contributed by atoms with Gasteiger partial charge in [0.1, 0.15) is 0 Å². The minimum Gasteiger partial charge on any atom is -0.481 e. The third kappa shape index (κ3) is 8.30. The second kappa shape index (κ2) is 14.4. The predicted molar refractivity (Wildman–Crippen MR) is 170 cm³/mol. The minimum absolute atomic E-state index is 0.00389. The number of likely N-dealkylation sites (tertiary alicyclic amines) is 2. The van der Waals surface area contributed by atoms with Crippen molar-refractivity contribution in [2.75, 3.05) is 43.8 Å². The van der Waals surface area contributed by atoms with E-state index in [0.29, 0.717) is 64.8 Å². The van der Waals surface area contributed by atoms with Gasteiger partial charge in [0.25, 0.3) is 0 Å². The number of urea groups is 1. The molecule has 2 saturated heterocycles. The molecule has 47 heavy (non-hydrogen) atoms. The highest BCUT2D eigenvalue weighted by Crippen LogP contribution is 2.38. The third-order valence-electron chi connectivity index (χ3n) is 9.54. The summed E-state index contributed by atoms with van der Waals surface area (Å²) >= 11 is 6.07. The van der Waals surface area contributed by atoms with Crippen LogP contribution in [-0.2, 0) is 33.4 Å². The molecular weight excluding hydrogens is 639 g/mol. The molecule has 0 radical (unpaired) electrons. The number of carboxylic acids is 1. The molecule has 0 saturated carbocycles. The van der Waals surface area contributed by atoms with Crippen LogP contribution < -0.4 is 11.1 Å². The van der Waals surface area contributed by atoms with Crippen molar-refractivity contribution in [2.24, 2.45) is 11.8 Å². The lowest BCUT2D eigenvalue weighted by Crippen LogP contribution is -2.50. The Morgan fingerprint density at radius 1 is 1.00 bits per heavy atom. The van der Waals surface area contributed by atoms with E-state index in [-0.39, 0.29) is 59.7 Å². The van der Waals surface area contributed by atoms with Crippen molar-refractivity contribution >= 4 is 46.8 Å². The first kappa shape index (κ1) is 34.3. The maximum Gasteiger partial charge on any atom is 0.418 e. The Balaban J connectivity index is 1.27. The Kier molecular flexibility index (Phi) is 10.5. The SMILES string of the molecule is Nc1c(Cl)cc(CC(CC(=O)N2CCC(N3CCc4ccccc4NC3=O)CC2)C(=O)N2CCC(CC(=O)O)CC2)cc1C(F)(F)F. The average Bonchev–Trinajstić information content (AvgIpc) is 3.19. The smallest absolute Gasteiger partial charge is 0.418 e. The number of piperidine rings is 2. The van der Waals surface area contributed by atoms with E-state index in [2.05, 4.69) is 5.32 Å². The van der Waals surface area contributed by atoms with Gasteiger partial charge in [-0.05, 0) is 73.8 Å². The van der Waals surface area contributed by atoms with Gasteiger partial charge in [-0.15, -0.1) is 0 Å².